The first kappa shape index (κ1) is 11.7. The molecule has 0 saturated carbocycles. The van der Waals surface area contributed by atoms with E-state index in [-0.39, 0.29) is 0 Å². The van der Waals surface area contributed by atoms with Gasteiger partial charge < -0.3 is 0 Å². The molecule has 0 radical (unpaired) electrons. The van der Waals surface area contributed by atoms with Crippen molar-refractivity contribution in [3.63, 3.8) is 0 Å². The zero-order chi connectivity index (χ0) is 9.99. The smallest absolute Gasteiger partial charge is 0.281 e. The van der Waals surface area contributed by atoms with Crippen LogP contribution in [-0.2, 0) is 14.9 Å². The predicted octanol–water partition coefficient (Wildman–Crippen LogP) is 0.859. The van der Waals surface area contributed by atoms with Crippen molar-refractivity contribution in [2.75, 3.05) is 0 Å². The first-order valence-corrected chi connectivity index (χ1v) is 4.66. The number of hydrogen-bond acceptors (Lipinski definition) is 3. The monoisotopic (exact) mass is 203 g/mol. The molecule has 74 valence electrons. The summed E-state index contributed by atoms with van der Waals surface area (Å²) < 4.78 is 44.1. The van der Waals surface area contributed by atoms with Crippen molar-refractivity contribution in [1.82, 2.24) is 4.89 Å². The van der Waals surface area contributed by atoms with Gasteiger partial charge in [0.1, 0.15) is 0 Å². The number of rotatable bonds is 3. The molecule has 0 rings (SSSR count). The third-order valence-electron chi connectivity index (χ3n) is 0.699. The topological polar surface area (TPSA) is 55.4 Å². The second-order valence-corrected chi connectivity index (χ2v) is 4.72. The average molecular weight is 203 g/mol. The molecule has 0 spiro atoms. The molecule has 0 atom stereocenters. The number of hydrogen-bond donors (Lipinski definition) is 1. The second-order valence-electron chi connectivity index (χ2n) is 3.10. The number of sulfonamides is 1. The second kappa shape index (κ2) is 3.63. The summed E-state index contributed by atoms with van der Waals surface area (Å²) in [5.74, 6) is -3.47. The lowest BCUT2D eigenvalue weighted by atomic mass is 10.2. The maximum atomic E-state index is 11.7. The van der Waals surface area contributed by atoms with Crippen LogP contribution in [0.25, 0.3) is 0 Å². The minimum absolute atomic E-state index is 0.831. The number of nitrogens with one attached hydrogen (secondary N) is 1. The van der Waals surface area contributed by atoms with E-state index in [2.05, 4.69) is 4.84 Å². The first-order chi connectivity index (χ1) is 5.15. The zero-order valence-corrected chi connectivity index (χ0v) is 7.78. The van der Waals surface area contributed by atoms with Gasteiger partial charge in [-0.05, 0) is 20.8 Å². The third kappa shape index (κ3) is 4.58. The lowest BCUT2D eigenvalue weighted by Gasteiger charge is -2.18. The molecule has 1 N–H and O–H groups in total. The molecule has 0 amide bonds. The van der Waals surface area contributed by atoms with Gasteiger partial charge in [-0.3, -0.25) is 4.84 Å². The highest BCUT2D eigenvalue weighted by atomic mass is 32.2. The molecule has 4 nitrogen and oxygen atoms in total. The van der Waals surface area contributed by atoms with Crippen LogP contribution < -0.4 is 4.89 Å². The molecule has 12 heavy (non-hydrogen) atoms. The van der Waals surface area contributed by atoms with Crippen LogP contribution in [-0.4, -0.2) is 19.8 Å². The fourth-order valence-corrected chi connectivity index (χ4v) is 0.658. The summed E-state index contributed by atoms with van der Waals surface area (Å²) in [6.07, 6.45) is 0. The van der Waals surface area contributed by atoms with Gasteiger partial charge in [-0.2, -0.15) is 8.78 Å². The van der Waals surface area contributed by atoms with E-state index in [0.29, 0.717) is 0 Å². The predicted molar refractivity (Wildman–Crippen MR) is 38.9 cm³/mol. The van der Waals surface area contributed by atoms with Gasteiger partial charge in [0.25, 0.3) is 10.0 Å². The Hall–Kier alpha value is -0.270. The van der Waals surface area contributed by atoms with Crippen molar-refractivity contribution in [3.8, 4) is 0 Å². The molecule has 0 bridgehead atoms. The first-order valence-electron chi connectivity index (χ1n) is 3.12. The fourth-order valence-electron chi connectivity index (χ4n) is 0.219. The minimum atomic E-state index is -4.64. The summed E-state index contributed by atoms with van der Waals surface area (Å²) in [6, 6.07) is 0. The van der Waals surface area contributed by atoms with E-state index >= 15 is 0 Å². The van der Waals surface area contributed by atoms with Crippen LogP contribution in [0.1, 0.15) is 20.8 Å². The van der Waals surface area contributed by atoms with E-state index in [1.807, 2.05) is 0 Å². The molecule has 0 aromatic carbocycles. The zero-order valence-electron chi connectivity index (χ0n) is 6.97. The van der Waals surface area contributed by atoms with Crippen LogP contribution in [0.4, 0.5) is 8.78 Å². The van der Waals surface area contributed by atoms with Crippen LogP contribution >= 0.6 is 0 Å². The summed E-state index contributed by atoms with van der Waals surface area (Å²) in [6.45, 7) is 4.59. The molecular weight excluding hydrogens is 192 g/mol. The minimum Gasteiger partial charge on any atom is -0.281 e. The molecule has 0 aromatic rings. The average Bonchev–Trinajstić information content (AvgIpc) is 1.82. The van der Waals surface area contributed by atoms with Crippen LogP contribution in [0.2, 0.25) is 0 Å². The van der Waals surface area contributed by atoms with E-state index in [4.69, 9.17) is 0 Å². The van der Waals surface area contributed by atoms with Gasteiger partial charge in [-0.15, -0.1) is 0 Å². The summed E-state index contributed by atoms with van der Waals surface area (Å²) in [7, 11) is -4.64. The number of alkyl halides is 2. The Morgan fingerprint density at radius 2 is 1.75 bits per heavy atom. The van der Waals surface area contributed by atoms with Crippen molar-refractivity contribution in [2.45, 2.75) is 32.1 Å². The lowest BCUT2D eigenvalue weighted by Crippen LogP contribution is -2.36. The largest absolute Gasteiger partial charge is 0.352 e. The molecule has 0 saturated heterocycles. The fraction of sp³-hybridized carbons (Fsp3) is 1.00. The van der Waals surface area contributed by atoms with Gasteiger partial charge >= 0.3 is 5.76 Å². The van der Waals surface area contributed by atoms with Crippen LogP contribution in [0.15, 0.2) is 0 Å². The summed E-state index contributed by atoms with van der Waals surface area (Å²) >= 11 is 0. The van der Waals surface area contributed by atoms with Crippen molar-refractivity contribution < 1.29 is 22.0 Å². The molecule has 7 heteroatoms. The Kier molecular flexibility index (Phi) is 3.55. The lowest BCUT2D eigenvalue weighted by molar-refractivity contribution is -0.0380. The summed E-state index contributed by atoms with van der Waals surface area (Å²) in [5, 5.41) is 0. The number of halogens is 2. The van der Waals surface area contributed by atoms with Gasteiger partial charge in [-0.25, -0.2) is 8.42 Å². The standard InChI is InChI=1S/C5H11F2NO3S/c1-5(2,3)11-8-12(9,10)4(6)7/h4,8H,1-3H3. The summed E-state index contributed by atoms with van der Waals surface area (Å²) in [5.41, 5.74) is -0.831. The maximum Gasteiger partial charge on any atom is 0.352 e. The normalized spacial score (nSPS) is 13.8. The molecular formula is C5H11F2NO3S. The van der Waals surface area contributed by atoms with Gasteiger partial charge in [0.15, 0.2) is 0 Å². The highest BCUT2D eigenvalue weighted by molar-refractivity contribution is 7.89. The molecule has 0 aliphatic carbocycles. The Balaban J connectivity index is 4.12. The Morgan fingerprint density at radius 1 is 1.33 bits per heavy atom. The van der Waals surface area contributed by atoms with Crippen LogP contribution in [0.5, 0.6) is 0 Å². The highest BCUT2D eigenvalue weighted by Gasteiger charge is 2.26. The Bertz CT molecular complexity index is 232. The quantitative estimate of drug-likeness (QED) is 0.692. The molecule has 0 aromatic heterocycles. The van der Waals surface area contributed by atoms with Gasteiger partial charge in [0.05, 0.1) is 5.60 Å². The maximum absolute atomic E-state index is 11.7. The molecule has 0 aliphatic rings. The molecule has 0 unspecified atom stereocenters. The van der Waals surface area contributed by atoms with Crippen molar-refractivity contribution >= 4 is 10.0 Å². The van der Waals surface area contributed by atoms with E-state index in [9.17, 15) is 17.2 Å². The Labute approximate surface area is 69.9 Å². The van der Waals surface area contributed by atoms with Crippen molar-refractivity contribution in [3.05, 3.63) is 0 Å². The van der Waals surface area contributed by atoms with E-state index < -0.39 is 21.4 Å². The Morgan fingerprint density at radius 3 is 2.00 bits per heavy atom. The molecule has 0 fully saturated rings. The van der Waals surface area contributed by atoms with E-state index in [1.54, 1.807) is 0 Å². The van der Waals surface area contributed by atoms with Crippen molar-refractivity contribution in [1.29, 1.82) is 0 Å². The van der Waals surface area contributed by atoms with E-state index in [1.165, 1.54) is 25.7 Å². The molecule has 0 aliphatic heterocycles. The van der Waals surface area contributed by atoms with Crippen molar-refractivity contribution in [2.24, 2.45) is 0 Å². The summed E-state index contributed by atoms with van der Waals surface area (Å²) in [4.78, 5) is 5.76. The SMILES string of the molecule is CC(C)(C)ONS(=O)(=O)C(F)F. The van der Waals surface area contributed by atoms with Gasteiger partial charge in [-0.1, -0.05) is 4.89 Å². The van der Waals surface area contributed by atoms with E-state index in [0.717, 1.165) is 0 Å². The van der Waals surface area contributed by atoms with Crippen LogP contribution in [0, 0.1) is 0 Å². The van der Waals surface area contributed by atoms with Crippen LogP contribution in [0.3, 0.4) is 0 Å². The third-order valence-corrected chi connectivity index (χ3v) is 1.48. The highest BCUT2D eigenvalue weighted by Crippen LogP contribution is 2.07. The molecule has 0 heterocycles. The van der Waals surface area contributed by atoms with Gasteiger partial charge in [0, 0.05) is 0 Å². The van der Waals surface area contributed by atoms with Gasteiger partial charge in [0.2, 0.25) is 0 Å².